The number of hydrogen-bond acceptors (Lipinski definition) is 4. The molecule has 0 spiro atoms. The van der Waals surface area contributed by atoms with E-state index < -0.39 is 10.0 Å². The second-order valence-electron chi connectivity index (χ2n) is 5.51. The third-order valence-corrected chi connectivity index (χ3v) is 5.06. The minimum absolute atomic E-state index is 0.185. The molecule has 6 heteroatoms. The minimum atomic E-state index is -3.06. The molecule has 1 N–H and O–H groups in total. The fraction of sp³-hybridized carbons (Fsp3) is 0.643. The number of pyridine rings is 1. The van der Waals surface area contributed by atoms with Gasteiger partial charge in [-0.1, -0.05) is 6.07 Å². The molecule has 2 rings (SSSR count). The van der Waals surface area contributed by atoms with Crippen LogP contribution in [0, 0.1) is 5.92 Å². The predicted molar refractivity (Wildman–Crippen MR) is 79.8 cm³/mol. The molecule has 2 atom stereocenters. The van der Waals surface area contributed by atoms with Gasteiger partial charge >= 0.3 is 0 Å². The molecule has 0 aliphatic carbocycles. The van der Waals surface area contributed by atoms with Gasteiger partial charge in [-0.25, -0.2) is 12.7 Å². The summed E-state index contributed by atoms with van der Waals surface area (Å²) in [7, 11) is -3.06. The summed E-state index contributed by atoms with van der Waals surface area (Å²) >= 11 is 0. The van der Waals surface area contributed by atoms with E-state index in [4.69, 9.17) is 0 Å². The van der Waals surface area contributed by atoms with Gasteiger partial charge in [0.15, 0.2) is 0 Å². The lowest BCUT2D eigenvalue weighted by atomic mass is 9.99. The van der Waals surface area contributed by atoms with Gasteiger partial charge in [-0.3, -0.25) is 4.98 Å². The van der Waals surface area contributed by atoms with Crippen molar-refractivity contribution in [2.75, 3.05) is 25.9 Å². The zero-order valence-corrected chi connectivity index (χ0v) is 12.9. The van der Waals surface area contributed by atoms with E-state index in [1.807, 2.05) is 18.2 Å². The van der Waals surface area contributed by atoms with Crippen molar-refractivity contribution in [3.63, 3.8) is 0 Å². The van der Waals surface area contributed by atoms with Gasteiger partial charge in [-0.15, -0.1) is 0 Å². The molecular formula is C14H23N3O2S. The predicted octanol–water partition coefficient (Wildman–Crippen LogP) is 1.40. The van der Waals surface area contributed by atoms with Crippen molar-refractivity contribution in [1.29, 1.82) is 0 Å². The largest absolute Gasteiger partial charge is 0.309 e. The Bertz CT molecular complexity index is 518. The molecule has 1 aromatic rings. The van der Waals surface area contributed by atoms with Crippen LogP contribution >= 0.6 is 0 Å². The van der Waals surface area contributed by atoms with E-state index in [2.05, 4.69) is 17.2 Å². The quantitative estimate of drug-likeness (QED) is 0.892. The van der Waals surface area contributed by atoms with Crippen LogP contribution in [-0.2, 0) is 10.0 Å². The van der Waals surface area contributed by atoms with Gasteiger partial charge in [0.1, 0.15) is 0 Å². The molecular weight excluding hydrogens is 274 g/mol. The van der Waals surface area contributed by atoms with Crippen molar-refractivity contribution in [3.05, 3.63) is 30.1 Å². The number of sulfonamides is 1. The van der Waals surface area contributed by atoms with Crippen LogP contribution in [0.15, 0.2) is 24.4 Å². The van der Waals surface area contributed by atoms with Gasteiger partial charge in [-0.2, -0.15) is 0 Å². The molecule has 0 saturated carbocycles. The Balaban J connectivity index is 1.85. The third-order valence-electron chi connectivity index (χ3n) is 3.79. The number of rotatable bonds is 5. The molecule has 2 unspecified atom stereocenters. The van der Waals surface area contributed by atoms with Gasteiger partial charge in [-0.05, 0) is 44.4 Å². The summed E-state index contributed by atoms with van der Waals surface area (Å²) in [5, 5.41) is 3.46. The van der Waals surface area contributed by atoms with E-state index in [-0.39, 0.29) is 6.04 Å². The highest BCUT2D eigenvalue weighted by Gasteiger charge is 2.25. The van der Waals surface area contributed by atoms with Crippen molar-refractivity contribution >= 4 is 10.0 Å². The number of piperidine rings is 1. The van der Waals surface area contributed by atoms with Crippen LogP contribution in [0.5, 0.6) is 0 Å². The first-order chi connectivity index (χ1) is 9.47. The first-order valence-corrected chi connectivity index (χ1v) is 8.91. The minimum Gasteiger partial charge on any atom is -0.309 e. The lowest BCUT2D eigenvalue weighted by Gasteiger charge is -2.31. The molecule has 1 saturated heterocycles. The summed E-state index contributed by atoms with van der Waals surface area (Å²) < 4.78 is 24.8. The highest BCUT2D eigenvalue weighted by atomic mass is 32.2. The smallest absolute Gasteiger partial charge is 0.211 e. The summed E-state index contributed by atoms with van der Waals surface area (Å²) in [6.45, 7) is 4.19. The molecule has 1 fully saturated rings. The third kappa shape index (κ3) is 4.26. The fourth-order valence-electron chi connectivity index (χ4n) is 2.57. The lowest BCUT2D eigenvalue weighted by Crippen LogP contribution is -2.42. The van der Waals surface area contributed by atoms with Crippen LogP contribution in [0.2, 0.25) is 0 Å². The standard InChI is InChI=1S/C14H23N3O2S/c1-12(14-7-3-4-8-15-14)16-10-13-6-5-9-17(11-13)20(2,18)19/h3-4,7-8,12-13,16H,5-6,9-11H2,1-2H3. The maximum Gasteiger partial charge on any atom is 0.211 e. The highest BCUT2D eigenvalue weighted by Crippen LogP contribution is 2.19. The van der Waals surface area contributed by atoms with Crippen LogP contribution in [0.1, 0.15) is 31.5 Å². The van der Waals surface area contributed by atoms with Crippen molar-refractivity contribution < 1.29 is 8.42 Å². The zero-order valence-electron chi connectivity index (χ0n) is 12.1. The maximum absolute atomic E-state index is 11.6. The van der Waals surface area contributed by atoms with E-state index >= 15 is 0 Å². The average molecular weight is 297 g/mol. The van der Waals surface area contributed by atoms with Crippen molar-refractivity contribution in [1.82, 2.24) is 14.6 Å². The first kappa shape index (κ1) is 15.4. The number of hydrogen-bond donors (Lipinski definition) is 1. The Morgan fingerprint density at radius 2 is 2.30 bits per heavy atom. The van der Waals surface area contributed by atoms with E-state index in [0.29, 0.717) is 19.0 Å². The molecule has 1 aromatic heterocycles. The molecule has 1 aliphatic heterocycles. The Morgan fingerprint density at radius 3 is 2.95 bits per heavy atom. The monoisotopic (exact) mass is 297 g/mol. The van der Waals surface area contributed by atoms with Gasteiger partial charge in [0.05, 0.1) is 11.9 Å². The summed E-state index contributed by atoms with van der Waals surface area (Å²) in [6.07, 6.45) is 5.10. The van der Waals surface area contributed by atoms with Crippen LogP contribution in [0.25, 0.3) is 0 Å². The van der Waals surface area contributed by atoms with E-state index in [1.54, 1.807) is 10.5 Å². The Kier molecular flexibility index (Phi) is 5.12. The number of nitrogens with one attached hydrogen (secondary N) is 1. The van der Waals surface area contributed by atoms with Crippen LogP contribution in [0.4, 0.5) is 0 Å². The van der Waals surface area contributed by atoms with Crippen molar-refractivity contribution in [3.8, 4) is 0 Å². The Hall–Kier alpha value is -0.980. The number of nitrogens with zero attached hydrogens (tertiary/aromatic N) is 2. The average Bonchev–Trinajstić information content (AvgIpc) is 2.45. The first-order valence-electron chi connectivity index (χ1n) is 7.06. The summed E-state index contributed by atoms with van der Waals surface area (Å²) in [4.78, 5) is 4.33. The Morgan fingerprint density at radius 1 is 1.50 bits per heavy atom. The molecule has 1 aliphatic rings. The second kappa shape index (κ2) is 6.65. The van der Waals surface area contributed by atoms with Gasteiger partial charge in [0.2, 0.25) is 10.0 Å². The molecule has 0 amide bonds. The SMILES string of the molecule is CC(NCC1CCCN(S(C)(=O)=O)C1)c1ccccn1. The van der Waals surface area contributed by atoms with Gasteiger partial charge in [0, 0.05) is 25.3 Å². The maximum atomic E-state index is 11.6. The molecule has 5 nitrogen and oxygen atoms in total. The second-order valence-corrected chi connectivity index (χ2v) is 7.50. The molecule has 20 heavy (non-hydrogen) atoms. The summed E-state index contributed by atoms with van der Waals surface area (Å²) in [5.74, 6) is 0.379. The van der Waals surface area contributed by atoms with Crippen LogP contribution < -0.4 is 5.32 Å². The lowest BCUT2D eigenvalue weighted by molar-refractivity contribution is 0.256. The molecule has 0 bridgehead atoms. The molecule has 0 aromatic carbocycles. The van der Waals surface area contributed by atoms with Gasteiger partial charge in [0.25, 0.3) is 0 Å². The fourth-order valence-corrected chi connectivity index (χ4v) is 3.52. The van der Waals surface area contributed by atoms with E-state index in [9.17, 15) is 8.42 Å². The highest BCUT2D eigenvalue weighted by molar-refractivity contribution is 7.88. The summed E-state index contributed by atoms with van der Waals surface area (Å²) in [5.41, 5.74) is 1.02. The molecule has 2 heterocycles. The summed E-state index contributed by atoms with van der Waals surface area (Å²) in [6, 6.07) is 6.07. The Labute approximate surface area is 121 Å². The van der Waals surface area contributed by atoms with Crippen LogP contribution in [0.3, 0.4) is 0 Å². The normalized spacial score (nSPS) is 22.6. The van der Waals surface area contributed by atoms with Crippen LogP contribution in [-0.4, -0.2) is 43.6 Å². The van der Waals surface area contributed by atoms with Gasteiger partial charge < -0.3 is 5.32 Å². The zero-order chi connectivity index (χ0) is 14.6. The number of aromatic nitrogens is 1. The van der Waals surface area contributed by atoms with E-state index in [1.165, 1.54) is 6.26 Å². The van der Waals surface area contributed by atoms with E-state index in [0.717, 1.165) is 25.1 Å². The van der Waals surface area contributed by atoms with Crippen molar-refractivity contribution in [2.24, 2.45) is 5.92 Å². The van der Waals surface area contributed by atoms with Crippen molar-refractivity contribution in [2.45, 2.75) is 25.8 Å². The molecule has 0 radical (unpaired) electrons. The topological polar surface area (TPSA) is 62.3 Å². The molecule has 112 valence electrons.